The molecule has 0 amide bonds. The predicted molar refractivity (Wildman–Crippen MR) is 104 cm³/mol. The Balaban J connectivity index is 1.65. The quantitative estimate of drug-likeness (QED) is 0.655. The van der Waals surface area contributed by atoms with Gasteiger partial charge < -0.3 is 10.2 Å². The smallest absolute Gasteiger partial charge is 0.160 e. The van der Waals surface area contributed by atoms with Crippen LogP contribution in [-0.2, 0) is 0 Å². The Morgan fingerprint density at radius 1 is 1.20 bits per heavy atom. The lowest BCUT2D eigenvalue weighted by molar-refractivity contribution is -0.0331. The molecule has 0 aromatic rings. The number of aliphatic hydroxyl groups excluding tert-OH is 2. The van der Waals surface area contributed by atoms with E-state index in [0.717, 1.165) is 38.0 Å². The summed E-state index contributed by atoms with van der Waals surface area (Å²) in [6, 6.07) is 0.0404. The van der Waals surface area contributed by atoms with Gasteiger partial charge in [-0.05, 0) is 31.1 Å². The minimum absolute atomic E-state index is 0.0404. The van der Waals surface area contributed by atoms with Crippen molar-refractivity contribution < 1.29 is 10.2 Å². The van der Waals surface area contributed by atoms with Gasteiger partial charge in [0.2, 0.25) is 0 Å². The number of thioether (sulfide) groups is 1. The lowest BCUT2D eigenvalue weighted by Crippen LogP contribution is -2.57. The first kappa shape index (κ1) is 19.4. The summed E-state index contributed by atoms with van der Waals surface area (Å²) in [5.74, 6) is 1.56. The molecule has 1 aliphatic heterocycles. The van der Waals surface area contributed by atoms with E-state index < -0.39 is 12.5 Å². The van der Waals surface area contributed by atoms with Crippen LogP contribution in [0.1, 0.15) is 33.1 Å². The number of hydrogen-bond acceptors (Lipinski definition) is 6. The van der Waals surface area contributed by atoms with E-state index in [0.29, 0.717) is 5.25 Å². The number of hydrogen-bond donors (Lipinski definition) is 3. The summed E-state index contributed by atoms with van der Waals surface area (Å²) < 4.78 is 0. The van der Waals surface area contributed by atoms with Crippen LogP contribution < -0.4 is 5.73 Å². The molecule has 5 nitrogen and oxygen atoms in total. The summed E-state index contributed by atoms with van der Waals surface area (Å²) in [5.41, 5.74) is 5.58. The highest BCUT2D eigenvalue weighted by Gasteiger charge is 2.35. The summed E-state index contributed by atoms with van der Waals surface area (Å²) in [6.45, 7) is 7.84. The van der Waals surface area contributed by atoms with Crippen molar-refractivity contribution in [1.82, 2.24) is 9.80 Å². The maximum absolute atomic E-state index is 10.6. The van der Waals surface area contributed by atoms with E-state index >= 15 is 0 Å². The highest BCUT2D eigenvalue weighted by atomic mass is 32.2. The van der Waals surface area contributed by atoms with Crippen molar-refractivity contribution >= 4 is 11.8 Å². The lowest BCUT2D eigenvalue weighted by Gasteiger charge is -2.43. The van der Waals surface area contributed by atoms with Crippen molar-refractivity contribution in [3.8, 4) is 0 Å². The molecule has 0 spiro atoms. The number of nitrogens with zero attached hydrogens (tertiary/aromatic N) is 2. The fraction of sp³-hybridized carbons (Fsp3) is 0.789. The number of aliphatic hydroxyl groups is 2. The minimum Gasteiger partial charge on any atom is -0.387 e. The largest absolute Gasteiger partial charge is 0.387 e. The first-order valence-corrected chi connectivity index (χ1v) is 10.5. The predicted octanol–water partition coefficient (Wildman–Crippen LogP) is 1.58. The van der Waals surface area contributed by atoms with Gasteiger partial charge in [0.25, 0.3) is 0 Å². The molecule has 25 heavy (non-hydrogen) atoms. The Morgan fingerprint density at radius 2 is 1.92 bits per heavy atom. The Kier molecular flexibility index (Phi) is 6.63. The van der Waals surface area contributed by atoms with Gasteiger partial charge in [-0.3, -0.25) is 15.5 Å². The van der Waals surface area contributed by atoms with E-state index in [9.17, 15) is 10.2 Å². The summed E-state index contributed by atoms with van der Waals surface area (Å²) >= 11 is 1.98. The topological polar surface area (TPSA) is 73.0 Å². The van der Waals surface area contributed by atoms with Gasteiger partial charge in [0.15, 0.2) is 6.35 Å². The van der Waals surface area contributed by atoms with Crippen molar-refractivity contribution in [1.29, 1.82) is 0 Å². The lowest BCUT2D eigenvalue weighted by atomic mass is 9.83. The van der Waals surface area contributed by atoms with Crippen molar-refractivity contribution in [2.45, 2.75) is 56.9 Å². The number of rotatable bonds is 4. The molecule has 1 heterocycles. The van der Waals surface area contributed by atoms with Crippen LogP contribution in [0, 0.1) is 11.8 Å². The zero-order valence-electron chi connectivity index (χ0n) is 15.4. The SMILES string of the molecule is CC1CCC(SC2=CC=CC(O)C2N2CCN(C(N)O)CC2)C(C)C1. The van der Waals surface area contributed by atoms with Crippen molar-refractivity contribution in [2.24, 2.45) is 17.6 Å². The Labute approximate surface area is 155 Å². The summed E-state index contributed by atoms with van der Waals surface area (Å²) in [7, 11) is 0. The molecule has 2 fully saturated rings. The number of piperazine rings is 1. The molecular formula is C19H33N3O2S. The standard InChI is InChI=1S/C19H33N3O2S/c1-13-6-7-16(14(2)12-13)25-17-5-3-4-15(23)18(17)21-8-10-22(11-9-21)19(20)24/h3-5,13-16,18-19,23-24H,6-12,20H2,1-2H3. The van der Waals surface area contributed by atoms with E-state index in [2.05, 4.69) is 24.8 Å². The molecular weight excluding hydrogens is 334 g/mol. The maximum Gasteiger partial charge on any atom is 0.160 e. The first-order chi connectivity index (χ1) is 12.0. The van der Waals surface area contributed by atoms with Gasteiger partial charge >= 0.3 is 0 Å². The van der Waals surface area contributed by atoms with Crippen LogP contribution in [0.5, 0.6) is 0 Å². The van der Waals surface area contributed by atoms with E-state index in [1.807, 2.05) is 28.8 Å². The first-order valence-electron chi connectivity index (χ1n) is 9.60. The van der Waals surface area contributed by atoms with Gasteiger partial charge in [-0.15, -0.1) is 11.8 Å². The molecule has 4 N–H and O–H groups in total. The number of allylic oxidation sites excluding steroid dienone is 2. The average Bonchev–Trinajstić information content (AvgIpc) is 2.58. The third-order valence-corrected chi connectivity index (χ3v) is 7.59. The second-order valence-corrected chi connectivity index (χ2v) is 9.24. The molecule has 6 unspecified atom stereocenters. The van der Waals surface area contributed by atoms with Crippen LogP contribution in [0.15, 0.2) is 23.1 Å². The van der Waals surface area contributed by atoms with E-state index in [1.54, 1.807) is 0 Å². The van der Waals surface area contributed by atoms with Crippen LogP contribution in [0.25, 0.3) is 0 Å². The molecule has 6 heteroatoms. The zero-order chi connectivity index (χ0) is 18.0. The Morgan fingerprint density at radius 3 is 2.56 bits per heavy atom. The molecule has 0 aromatic heterocycles. The third kappa shape index (κ3) is 4.67. The maximum atomic E-state index is 10.6. The van der Waals surface area contributed by atoms with Gasteiger partial charge in [0.05, 0.1) is 12.1 Å². The summed E-state index contributed by atoms with van der Waals surface area (Å²) in [4.78, 5) is 5.52. The molecule has 3 rings (SSSR count). The van der Waals surface area contributed by atoms with Gasteiger partial charge in [-0.2, -0.15) is 0 Å². The summed E-state index contributed by atoms with van der Waals surface area (Å²) in [6.07, 6.45) is 8.63. The van der Waals surface area contributed by atoms with Crippen LogP contribution >= 0.6 is 11.8 Å². The summed E-state index contributed by atoms with van der Waals surface area (Å²) in [5, 5.41) is 20.8. The van der Waals surface area contributed by atoms with Crippen molar-refractivity contribution in [3.05, 3.63) is 23.1 Å². The van der Waals surface area contributed by atoms with Crippen LogP contribution in [0.4, 0.5) is 0 Å². The molecule has 142 valence electrons. The van der Waals surface area contributed by atoms with Crippen LogP contribution in [-0.4, -0.2) is 69.9 Å². The van der Waals surface area contributed by atoms with Crippen LogP contribution in [0.3, 0.4) is 0 Å². The molecule has 0 aromatic carbocycles. The van der Waals surface area contributed by atoms with Crippen molar-refractivity contribution in [3.63, 3.8) is 0 Å². The fourth-order valence-corrected chi connectivity index (χ4v) is 5.94. The molecule has 3 aliphatic rings. The van der Waals surface area contributed by atoms with Crippen molar-refractivity contribution in [2.75, 3.05) is 26.2 Å². The average molecular weight is 368 g/mol. The Bertz CT molecular complexity index is 503. The molecule has 2 aliphatic carbocycles. The second kappa shape index (κ2) is 8.55. The van der Waals surface area contributed by atoms with E-state index in [4.69, 9.17) is 5.73 Å². The van der Waals surface area contributed by atoms with E-state index in [-0.39, 0.29) is 6.04 Å². The number of nitrogens with two attached hydrogens (primary N) is 1. The monoisotopic (exact) mass is 367 g/mol. The fourth-order valence-electron chi connectivity index (χ4n) is 4.41. The molecule has 6 atom stereocenters. The molecule has 1 saturated carbocycles. The van der Waals surface area contributed by atoms with Gasteiger partial charge in [0.1, 0.15) is 0 Å². The highest BCUT2D eigenvalue weighted by Crippen LogP contribution is 2.42. The highest BCUT2D eigenvalue weighted by molar-refractivity contribution is 8.03. The Hall–Kier alpha value is -0.370. The molecule has 0 bridgehead atoms. The third-order valence-electron chi connectivity index (χ3n) is 5.94. The van der Waals surface area contributed by atoms with Gasteiger partial charge in [-0.25, -0.2) is 0 Å². The zero-order valence-corrected chi connectivity index (χ0v) is 16.2. The second-order valence-electron chi connectivity index (χ2n) is 7.93. The van der Waals surface area contributed by atoms with Gasteiger partial charge in [-0.1, -0.05) is 32.1 Å². The van der Waals surface area contributed by atoms with Crippen LogP contribution in [0.2, 0.25) is 0 Å². The van der Waals surface area contributed by atoms with Gasteiger partial charge in [0, 0.05) is 36.3 Å². The van der Waals surface area contributed by atoms with E-state index in [1.165, 1.54) is 24.2 Å². The molecule has 1 saturated heterocycles. The minimum atomic E-state index is -0.882. The normalized spacial score (nSPS) is 39.2. The molecule has 0 radical (unpaired) electrons.